The van der Waals surface area contributed by atoms with Crippen LogP contribution in [0.15, 0.2) is 36.4 Å². The fourth-order valence-electron chi connectivity index (χ4n) is 5.82. The van der Waals surface area contributed by atoms with Crippen molar-refractivity contribution < 1.29 is 19.0 Å². The number of hydrogen-bond donors (Lipinski definition) is 1. The second kappa shape index (κ2) is 12.8. The number of hydrogen-bond acceptors (Lipinski definition) is 4. The van der Waals surface area contributed by atoms with Crippen LogP contribution < -0.4 is 4.74 Å². The number of carboxylic acid groups (broad SMARTS) is 1. The molecule has 0 saturated carbocycles. The van der Waals surface area contributed by atoms with E-state index in [1.807, 2.05) is 13.0 Å². The quantitative estimate of drug-likeness (QED) is 0.385. The Morgan fingerprint density at radius 2 is 1.70 bits per heavy atom. The summed E-state index contributed by atoms with van der Waals surface area (Å²) in [6.07, 6.45) is 4.86. The summed E-state index contributed by atoms with van der Waals surface area (Å²) in [6.45, 7) is 8.54. The first-order chi connectivity index (χ1) is 17.8. The summed E-state index contributed by atoms with van der Waals surface area (Å²) in [5.41, 5.74) is 1.82. The van der Waals surface area contributed by atoms with Gasteiger partial charge in [0.25, 0.3) is 0 Å². The van der Waals surface area contributed by atoms with Gasteiger partial charge in [0.2, 0.25) is 0 Å². The lowest BCUT2D eigenvalue weighted by atomic mass is 9.88. The molecule has 0 aliphatic carbocycles. The molecule has 2 aromatic carbocycles. The van der Waals surface area contributed by atoms with E-state index in [0.717, 1.165) is 81.7 Å². The van der Waals surface area contributed by atoms with E-state index in [1.54, 1.807) is 18.2 Å². The highest BCUT2D eigenvalue weighted by atomic mass is 35.5. The van der Waals surface area contributed by atoms with E-state index >= 15 is 0 Å². The van der Waals surface area contributed by atoms with Crippen LogP contribution in [-0.4, -0.2) is 65.7 Å². The Morgan fingerprint density at radius 3 is 2.30 bits per heavy atom. The molecule has 2 heterocycles. The zero-order valence-corrected chi connectivity index (χ0v) is 23.1. The Morgan fingerprint density at radius 1 is 1.05 bits per heavy atom. The highest BCUT2D eigenvalue weighted by Crippen LogP contribution is 2.35. The van der Waals surface area contributed by atoms with Gasteiger partial charge in [-0.15, -0.1) is 0 Å². The summed E-state index contributed by atoms with van der Waals surface area (Å²) in [5, 5.41) is 11.1. The lowest BCUT2D eigenvalue weighted by Gasteiger charge is -2.40. The second-order valence-electron chi connectivity index (χ2n) is 10.4. The number of piperidine rings is 2. The lowest BCUT2D eigenvalue weighted by molar-refractivity contribution is -0.144. The number of carboxylic acids is 1. The molecule has 2 aliphatic rings. The molecular weight excluding hydrogens is 514 g/mol. The van der Waals surface area contributed by atoms with Crippen molar-refractivity contribution in [2.75, 3.05) is 32.7 Å². The van der Waals surface area contributed by atoms with Crippen LogP contribution in [0.5, 0.6) is 5.75 Å². The van der Waals surface area contributed by atoms with Crippen LogP contribution in [0, 0.1) is 11.7 Å². The van der Waals surface area contributed by atoms with Crippen molar-refractivity contribution in [2.45, 2.75) is 64.0 Å². The first-order valence-corrected chi connectivity index (χ1v) is 14.1. The van der Waals surface area contributed by atoms with Crippen LogP contribution >= 0.6 is 23.2 Å². The third kappa shape index (κ3) is 6.97. The van der Waals surface area contributed by atoms with E-state index < -0.39 is 12.0 Å². The maximum Gasteiger partial charge on any atom is 0.321 e. The fourth-order valence-corrected chi connectivity index (χ4v) is 6.28. The van der Waals surface area contributed by atoms with Crippen molar-refractivity contribution in [2.24, 2.45) is 5.92 Å². The summed E-state index contributed by atoms with van der Waals surface area (Å²) >= 11 is 12.5. The third-order valence-corrected chi connectivity index (χ3v) is 8.86. The lowest BCUT2D eigenvalue weighted by Crippen LogP contribution is -2.50. The maximum atomic E-state index is 13.3. The van der Waals surface area contributed by atoms with Gasteiger partial charge in [-0.3, -0.25) is 9.69 Å². The molecule has 2 aliphatic heterocycles. The highest BCUT2D eigenvalue weighted by molar-refractivity contribution is 6.42. The normalized spacial score (nSPS) is 20.0. The average molecular weight is 552 g/mol. The van der Waals surface area contributed by atoms with Crippen LogP contribution in [0.1, 0.15) is 56.6 Å². The summed E-state index contributed by atoms with van der Waals surface area (Å²) in [7, 11) is 0. The van der Waals surface area contributed by atoms with Gasteiger partial charge in [0, 0.05) is 31.1 Å². The van der Waals surface area contributed by atoms with Crippen molar-refractivity contribution in [3.8, 4) is 5.75 Å². The maximum absolute atomic E-state index is 13.3. The van der Waals surface area contributed by atoms with Gasteiger partial charge in [0.05, 0.1) is 10.0 Å². The first-order valence-electron chi connectivity index (χ1n) is 13.3. The van der Waals surface area contributed by atoms with Crippen molar-refractivity contribution >= 4 is 29.2 Å². The Labute approximate surface area is 229 Å². The van der Waals surface area contributed by atoms with Crippen molar-refractivity contribution in [3.63, 3.8) is 0 Å². The van der Waals surface area contributed by atoms with E-state index in [2.05, 4.69) is 16.7 Å². The van der Waals surface area contributed by atoms with Crippen LogP contribution in [0.2, 0.25) is 10.0 Å². The minimum atomic E-state index is -0.814. The molecule has 0 bridgehead atoms. The van der Waals surface area contributed by atoms with Gasteiger partial charge in [-0.2, -0.15) is 0 Å². The van der Waals surface area contributed by atoms with E-state index in [-0.39, 0.29) is 17.8 Å². The van der Waals surface area contributed by atoms with Gasteiger partial charge < -0.3 is 14.7 Å². The monoisotopic (exact) mass is 550 g/mol. The van der Waals surface area contributed by atoms with Gasteiger partial charge in [-0.05, 0) is 80.9 Å². The van der Waals surface area contributed by atoms with E-state index in [9.17, 15) is 14.3 Å². The van der Waals surface area contributed by atoms with Gasteiger partial charge in [0.1, 0.15) is 23.7 Å². The van der Waals surface area contributed by atoms with E-state index in [0.29, 0.717) is 16.0 Å². The number of benzene rings is 2. The van der Waals surface area contributed by atoms with Gasteiger partial charge >= 0.3 is 5.97 Å². The second-order valence-corrected chi connectivity index (χ2v) is 11.2. The molecule has 0 radical (unpaired) electrons. The molecule has 5 nitrogen and oxygen atoms in total. The number of aliphatic carboxylic acids is 1. The summed E-state index contributed by atoms with van der Waals surface area (Å²) < 4.78 is 19.7. The number of halogens is 3. The molecule has 8 heteroatoms. The summed E-state index contributed by atoms with van der Waals surface area (Å²) in [6, 6.07) is 9.32. The minimum absolute atomic E-state index is 0.171. The van der Waals surface area contributed by atoms with Crippen molar-refractivity contribution in [3.05, 3.63) is 63.4 Å². The molecule has 1 unspecified atom stereocenters. The fraction of sp³-hybridized carbons (Fsp3) is 0.552. The molecule has 1 N–H and O–H groups in total. The number of nitrogens with zero attached hydrogens (tertiary/aromatic N) is 2. The largest absolute Gasteiger partial charge is 0.490 e. The molecule has 37 heavy (non-hydrogen) atoms. The van der Waals surface area contributed by atoms with Crippen LogP contribution in [-0.2, 0) is 11.2 Å². The van der Waals surface area contributed by atoms with Crippen LogP contribution in [0.4, 0.5) is 4.39 Å². The van der Waals surface area contributed by atoms with E-state index in [1.165, 1.54) is 12.1 Å². The SMILES string of the molecule is CCc1c(OC2CCN(CC3CCN([C@H](C(=O)O)C(C)c4ccc(F)cc4)CC3)CC2)ccc(Cl)c1Cl. The molecule has 202 valence electrons. The van der Waals surface area contributed by atoms with Crippen LogP contribution in [0.3, 0.4) is 0 Å². The zero-order valence-electron chi connectivity index (χ0n) is 21.6. The number of carbonyl (C=O) groups is 1. The molecule has 2 atom stereocenters. The molecule has 2 aromatic rings. The topological polar surface area (TPSA) is 53.0 Å². The number of rotatable bonds is 9. The molecule has 2 saturated heterocycles. The summed E-state index contributed by atoms with van der Waals surface area (Å²) in [4.78, 5) is 16.8. The molecule has 0 amide bonds. The molecular formula is C29H37Cl2FN2O3. The molecule has 0 spiro atoms. The highest BCUT2D eigenvalue weighted by Gasteiger charge is 2.35. The number of likely N-dealkylation sites (tertiary alicyclic amines) is 2. The Kier molecular flexibility index (Phi) is 9.73. The molecule has 4 rings (SSSR count). The van der Waals surface area contributed by atoms with Gasteiger partial charge in [-0.1, -0.05) is 49.2 Å². The zero-order chi connectivity index (χ0) is 26.5. The van der Waals surface area contributed by atoms with Crippen molar-refractivity contribution in [1.82, 2.24) is 9.80 Å². The predicted molar refractivity (Wildman–Crippen MR) is 146 cm³/mol. The smallest absolute Gasteiger partial charge is 0.321 e. The average Bonchev–Trinajstić information content (AvgIpc) is 2.89. The number of ether oxygens (including phenoxy) is 1. The Bertz CT molecular complexity index is 1050. The third-order valence-electron chi connectivity index (χ3n) is 8.02. The predicted octanol–water partition coefficient (Wildman–Crippen LogP) is 6.51. The van der Waals surface area contributed by atoms with Crippen molar-refractivity contribution in [1.29, 1.82) is 0 Å². The summed E-state index contributed by atoms with van der Waals surface area (Å²) in [5.74, 6) is 0.0685. The first kappa shape index (κ1) is 28.2. The Balaban J connectivity index is 1.25. The molecule has 0 aromatic heterocycles. The minimum Gasteiger partial charge on any atom is -0.490 e. The standard InChI is InChI=1S/C29H37Cl2FN2O3/c1-3-24-26(9-8-25(30)27(24)31)37-23-12-14-33(15-13-23)18-20-10-16-34(17-11-20)28(29(35)36)19(2)21-4-6-22(32)7-5-21/h4-9,19-20,23,28H,3,10-18H2,1-2H3,(H,35,36)/t19?,28-/m0/s1. The van der Waals surface area contributed by atoms with Gasteiger partial charge in [-0.25, -0.2) is 4.39 Å². The molecule has 2 fully saturated rings. The Hall–Kier alpha value is -1.86. The van der Waals surface area contributed by atoms with Gasteiger partial charge in [0.15, 0.2) is 0 Å². The van der Waals surface area contributed by atoms with E-state index in [4.69, 9.17) is 27.9 Å². The van der Waals surface area contributed by atoms with Crippen LogP contribution in [0.25, 0.3) is 0 Å².